The van der Waals surface area contributed by atoms with Crippen molar-refractivity contribution in [2.24, 2.45) is 0 Å². The molecule has 0 spiro atoms. The lowest BCUT2D eigenvalue weighted by Gasteiger charge is -2.36. The largest absolute Gasteiger partial charge is 0.468 e. The number of hydrogen-bond acceptors (Lipinski definition) is 5. The molecule has 2 aliphatic heterocycles. The summed E-state index contributed by atoms with van der Waals surface area (Å²) in [6.07, 6.45) is 2.54. The molecule has 0 radical (unpaired) electrons. The van der Waals surface area contributed by atoms with Gasteiger partial charge in [-0.05, 0) is 29.7 Å². The summed E-state index contributed by atoms with van der Waals surface area (Å²) in [5.41, 5.74) is 1.83. The van der Waals surface area contributed by atoms with Crippen LogP contribution in [0.4, 0.5) is 0 Å². The lowest BCUT2D eigenvalue weighted by molar-refractivity contribution is -0.147. The third-order valence-electron chi connectivity index (χ3n) is 4.03. The van der Waals surface area contributed by atoms with Gasteiger partial charge in [0, 0.05) is 23.4 Å². The van der Waals surface area contributed by atoms with Crippen molar-refractivity contribution in [2.45, 2.75) is 17.7 Å². The van der Waals surface area contributed by atoms with Crippen LogP contribution in [0.1, 0.15) is 18.0 Å². The molecular formula is C16H20ClNO3S3. The highest BCUT2D eigenvalue weighted by Gasteiger charge is 2.37. The van der Waals surface area contributed by atoms with Crippen molar-refractivity contribution in [1.29, 1.82) is 0 Å². The predicted molar refractivity (Wildman–Crippen MR) is 108 cm³/mol. The molecule has 2 atom stereocenters. The number of piperidine rings is 1. The van der Waals surface area contributed by atoms with Crippen molar-refractivity contribution in [3.8, 4) is 0 Å². The van der Waals surface area contributed by atoms with Crippen LogP contribution in [0.5, 0.6) is 0 Å². The fourth-order valence-corrected chi connectivity index (χ4v) is 4.24. The van der Waals surface area contributed by atoms with Crippen molar-refractivity contribution in [3.63, 3.8) is 0 Å². The van der Waals surface area contributed by atoms with E-state index in [2.05, 4.69) is 0 Å². The van der Waals surface area contributed by atoms with Crippen LogP contribution in [0, 0.1) is 0 Å². The first-order valence-electron chi connectivity index (χ1n) is 7.07. The summed E-state index contributed by atoms with van der Waals surface area (Å²) in [6, 6.07) is 6.77. The smallest absolute Gasteiger partial charge is 0.327 e. The molecule has 3 rings (SSSR count). The SMILES string of the molecule is COC(=O)C(c1ccccc1Cl)N1CCC2SC(=O)C=C2C1.S.S. The standard InChI is InChI=1S/C16H16ClNO3S.2H2S/c1-21-16(20)15(11-4-2-3-5-12(11)17)18-7-6-13-10(9-18)8-14(19)22-13;;/h2-5,8,13,15H,6-7,9H2,1H3;2*1H2. The number of esters is 1. The highest BCUT2D eigenvalue weighted by atomic mass is 35.5. The molecule has 1 aromatic carbocycles. The number of carbonyl (C=O) groups excluding carboxylic acids is 2. The molecule has 8 heteroatoms. The minimum absolute atomic E-state index is 0. The van der Waals surface area contributed by atoms with Crippen LogP contribution in [-0.4, -0.2) is 41.4 Å². The summed E-state index contributed by atoms with van der Waals surface area (Å²) in [6.45, 7) is 1.32. The van der Waals surface area contributed by atoms with Crippen LogP contribution in [0.15, 0.2) is 35.9 Å². The van der Waals surface area contributed by atoms with Gasteiger partial charge in [0.25, 0.3) is 0 Å². The normalized spacial score (nSPS) is 21.0. The van der Waals surface area contributed by atoms with E-state index in [0.29, 0.717) is 11.6 Å². The van der Waals surface area contributed by atoms with E-state index in [9.17, 15) is 9.59 Å². The van der Waals surface area contributed by atoms with E-state index in [0.717, 1.165) is 24.1 Å². The lowest BCUT2D eigenvalue weighted by Crippen LogP contribution is -2.42. The van der Waals surface area contributed by atoms with Gasteiger partial charge in [-0.3, -0.25) is 9.69 Å². The molecule has 4 nitrogen and oxygen atoms in total. The molecule has 0 aromatic heterocycles. The maximum atomic E-state index is 12.3. The van der Waals surface area contributed by atoms with Gasteiger partial charge in [0.2, 0.25) is 5.12 Å². The fraction of sp³-hybridized carbons (Fsp3) is 0.375. The Hall–Kier alpha value is -0.600. The van der Waals surface area contributed by atoms with Crippen LogP contribution in [0.3, 0.4) is 0 Å². The van der Waals surface area contributed by atoms with Crippen LogP contribution in [-0.2, 0) is 14.3 Å². The Morgan fingerprint density at radius 2 is 2.08 bits per heavy atom. The first-order valence-corrected chi connectivity index (χ1v) is 8.33. The van der Waals surface area contributed by atoms with Crippen molar-refractivity contribution >= 4 is 61.4 Å². The van der Waals surface area contributed by atoms with Crippen molar-refractivity contribution < 1.29 is 14.3 Å². The average Bonchev–Trinajstić information content (AvgIpc) is 2.88. The van der Waals surface area contributed by atoms with E-state index in [1.807, 2.05) is 23.1 Å². The van der Waals surface area contributed by atoms with Crippen molar-refractivity contribution in [3.05, 3.63) is 46.5 Å². The summed E-state index contributed by atoms with van der Waals surface area (Å²) in [4.78, 5) is 25.9. The molecule has 0 bridgehead atoms. The van der Waals surface area contributed by atoms with Crippen LogP contribution in [0.2, 0.25) is 5.02 Å². The highest BCUT2D eigenvalue weighted by Crippen LogP contribution is 2.38. The van der Waals surface area contributed by atoms with E-state index in [1.54, 1.807) is 12.1 Å². The molecular weight excluding hydrogens is 386 g/mol. The van der Waals surface area contributed by atoms with Gasteiger partial charge in [-0.2, -0.15) is 27.0 Å². The number of likely N-dealkylation sites (tertiary alicyclic amines) is 1. The zero-order valence-electron chi connectivity index (χ0n) is 13.1. The number of hydrogen-bond donors (Lipinski definition) is 0. The van der Waals surface area contributed by atoms with E-state index in [-0.39, 0.29) is 43.3 Å². The number of halogens is 1. The van der Waals surface area contributed by atoms with Gasteiger partial charge < -0.3 is 4.74 Å². The fourth-order valence-electron chi connectivity index (χ4n) is 2.98. The summed E-state index contributed by atoms with van der Waals surface area (Å²) in [5.74, 6) is -0.330. The van der Waals surface area contributed by atoms with Crippen LogP contribution >= 0.6 is 50.4 Å². The second kappa shape index (κ2) is 9.20. The van der Waals surface area contributed by atoms with Gasteiger partial charge >= 0.3 is 5.97 Å². The Labute approximate surface area is 164 Å². The van der Waals surface area contributed by atoms with Crippen molar-refractivity contribution in [2.75, 3.05) is 20.2 Å². The molecule has 2 unspecified atom stereocenters. The number of rotatable bonds is 3. The Morgan fingerprint density at radius 3 is 2.75 bits per heavy atom. The third-order valence-corrected chi connectivity index (χ3v) is 5.55. The zero-order chi connectivity index (χ0) is 15.7. The molecule has 0 aliphatic carbocycles. The molecule has 24 heavy (non-hydrogen) atoms. The molecule has 0 N–H and O–H groups in total. The first-order chi connectivity index (χ1) is 10.6. The summed E-state index contributed by atoms with van der Waals surface area (Å²) >= 11 is 7.64. The summed E-state index contributed by atoms with van der Waals surface area (Å²) in [5, 5.41) is 0.911. The highest BCUT2D eigenvalue weighted by molar-refractivity contribution is 8.15. The minimum Gasteiger partial charge on any atom is -0.468 e. The number of nitrogens with zero attached hydrogens (tertiary/aromatic N) is 1. The van der Waals surface area contributed by atoms with Gasteiger partial charge in [0.15, 0.2) is 0 Å². The van der Waals surface area contributed by atoms with Crippen LogP contribution in [0.25, 0.3) is 0 Å². The molecule has 1 saturated heterocycles. The molecule has 0 amide bonds. The maximum Gasteiger partial charge on any atom is 0.327 e. The monoisotopic (exact) mass is 405 g/mol. The van der Waals surface area contributed by atoms with Gasteiger partial charge in [0.1, 0.15) is 6.04 Å². The Bertz CT molecular complexity index is 653. The topological polar surface area (TPSA) is 46.6 Å². The Morgan fingerprint density at radius 1 is 1.38 bits per heavy atom. The molecule has 2 aliphatic rings. The Balaban J connectivity index is 0.00000144. The van der Waals surface area contributed by atoms with E-state index in [4.69, 9.17) is 16.3 Å². The number of carbonyl (C=O) groups is 2. The van der Waals surface area contributed by atoms with E-state index in [1.165, 1.54) is 18.9 Å². The minimum atomic E-state index is -0.541. The van der Waals surface area contributed by atoms with Gasteiger partial charge in [-0.1, -0.05) is 41.6 Å². The Kier molecular flexibility index (Phi) is 8.22. The summed E-state index contributed by atoms with van der Waals surface area (Å²) < 4.78 is 4.98. The first kappa shape index (κ1) is 21.4. The predicted octanol–water partition coefficient (Wildman–Crippen LogP) is 3.05. The second-order valence-electron chi connectivity index (χ2n) is 5.35. The quantitative estimate of drug-likeness (QED) is 0.723. The van der Waals surface area contributed by atoms with Gasteiger partial charge in [0.05, 0.1) is 7.11 Å². The maximum absolute atomic E-state index is 12.3. The molecule has 1 fully saturated rings. The molecule has 1 aromatic rings. The van der Waals surface area contributed by atoms with Gasteiger partial charge in [-0.15, -0.1) is 0 Å². The molecule has 132 valence electrons. The van der Waals surface area contributed by atoms with Crippen LogP contribution < -0.4 is 0 Å². The number of fused-ring (bicyclic) bond motifs is 1. The molecule has 2 heterocycles. The average molecular weight is 406 g/mol. The lowest BCUT2D eigenvalue weighted by atomic mass is 9.98. The number of methoxy groups -OCH3 is 1. The third kappa shape index (κ3) is 4.32. The number of ether oxygens (including phenoxy) is 1. The van der Waals surface area contributed by atoms with E-state index >= 15 is 0 Å². The second-order valence-corrected chi connectivity index (χ2v) is 6.97. The zero-order valence-corrected chi connectivity index (χ0v) is 16.7. The van der Waals surface area contributed by atoms with Gasteiger partial charge in [-0.25, -0.2) is 4.79 Å². The number of thioether (sulfide) groups is 1. The molecule has 0 saturated carbocycles. The number of benzene rings is 1. The van der Waals surface area contributed by atoms with E-state index < -0.39 is 6.04 Å². The summed E-state index contributed by atoms with van der Waals surface area (Å²) in [7, 11) is 1.38. The van der Waals surface area contributed by atoms with Crippen molar-refractivity contribution in [1.82, 2.24) is 4.90 Å².